The van der Waals surface area contributed by atoms with Gasteiger partial charge in [-0.15, -0.1) is 0 Å². The molecule has 146 valence electrons. The van der Waals surface area contributed by atoms with Gasteiger partial charge in [-0.05, 0) is 25.0 Å². The summed E-state index contributed by atoms with van der Waals surface area (Å²) in [6, 6.07) is 14.0. The molecule has 0 saturated carbocycles. The van der Waals surface area contributed by atoms with Crippen LogP contribution >= 0.6 is 0 Å². The normalized spacial score (nSPS) is 18.2. The van der Waals surface area contributed by atoms with Crippen LogP contribution in [0.5, 0.6) is 5.75 Å². The van der Waals surface area contributed by atoms with E-state index in [-0.39, 0.29) is 11.8 Å². The van der Waals surface area contributed by atoms with Crippen LogP contribution in [0.2, 0.25) is 0 Å². The van der Waals surface area contributed by atoms with Crippen molar-refractivity contribution in [2.75, 3.05) is 31.6 Å². The van der Waals surface area contributed by atoms with Crippen molar-refractivity contribution in [2.24, 2.45) is 0 Å². The maximum atomic E-state index is 14.1. The Morgan fingerprint density at radius 1 is 1.14 bits per heavy atom. The third-order valence-corrected chi connectivity index (χ3v) is 5.34. The number of aromatic nitrogens is 2. The lowest BCUT2D eigenvalue weighted by Crippen LogP contribution is -2.39. The standard InChI is InChI=1S/C22H25FN4O/c1-16-13-26(14-17-7-4-3-5-8-17)9-6-10-27(16)22-18-11-21(28-2)19(23)12-20(18)24-15-25-22/h3-5,7-8,11-12,15-16H,6,9-10,13-14H2,1-2H3. The van der Waals surface area contributed by atoms with E-state index in [1.54, 1.807) is 6.07 Å². The highest BCUT2D eigenvalue weighted by Gasteiger charge is 2.24. The number of ether oxygens (including phenoxy) is 1. The zero-order valence-corrected chi connectivity index (χ0v) is 16.3. The molecule has 2 aromatic carbocycles. The fraction of sp³-hybridized carbons (Fsp3) is 0.364. The Labute approximate surface area is 164 Å². The minimum Gasteiger partial charge on any atom is -0.494 e. The highest BCUT2D eigenvalue weighted by atomic mass is 19.1. The average Bonchev–Trinajstić information content (AvgIpc) is 2.88. The Kier molecular flexibility index (Phi) is 5.39. The van der Waals surface area contributed by atoms with Crippen LogP contribution < -0.4 is 9.64 Å². The van der Waals surface area contributed by atoms with Crippen molar-refractivity contribution >= 4 is 16.7 Å². The molecule has 1 aliphatic rings. The van der Waals surface area contributed by atoms with E-state index < -0.39 is 5.82 Å². The summed E-state index contributed by atoms with van der Waals surface area (Å²) in [5.74, 6) is 0.659. The van der Waals surface area contributed by atoms with Gasteiger partial charge in [0.2, 0.25) is 0 Å². The Morgan fingerprint density at radius 2 is 1.96 bits per heavy atom. The molecule has 0 aliphatic carbocycles. The van der Waals surface area contributed by atoms with Gasteiger partial charge in [-0.25, -0.2) is 14.4 Å². The number of hydrogen-bond donors (Lipinski definition) is 0. The van der Waals surface area contributed by atoms with Crippen LogP contribution in [-0.4, -0.2) is 47.7 Å². The van der Waals surface area contributed by atoms with E-state index in [0.29, 0.717) is 5.52 Å². The van der Waals surface area contributed by atoms with E-state index in [1.165, 1.54) is 25.1 Å². The number of hydrogen-bond acceptors (Lipinski definition) is 5. The molecule has 1 aliphatic heterocycles. The summed E-state index contributed by atoms with van der Waals surface area (Å²) in [5.41, 5.74) is 1.93. The summed E-state index contributed by atoms with van der Waals surface area (Å²) < 4.78 is 19.3. The molecule has 0 amide bonds. The summed E-state index contributed by atoms with van der Waals surface area (Å²) in [6.07, 6.45) is 2.56. The van der Waals surface area contributed by atoms with E-state index in [1.807, 2.05) is 6.07 Å². The van der Waals surface area contributed by atoms with Crippen molar-refractivity contribution in [3.8, 4) is 5.75 Å². The number of methoxy groups -OCH3 is 1. The molecule has 0 radical (unpaired) electrons. The van der Waals surface area contributed by atoms with Gasteiger partial charge in [0.25, 0.3) is 0 Å². The molecule has 1 fully saturated rings. The van der Waals surface area contributed by atoms with Gasteiger partial charge in [0.05, 0.1) is 12.6 Å². The first-order valence-electron chi connectivity index (χ1n) is 9.67. The van der Waals surface area contributed by atoms with Gasteiger partial charge in [-0.2, -0.15) is 0 Å². The van der Waals surface area contributed by atoms with Crippen LogP contribution in [0.25, 0.3) is 10.9 Å². The third kappa shape index (κ3) is 3.78. The molecule has 4 rings (SSSR count). The van der Waals surface area contributed by atoms with Gasteiger partial charge in [-0.1, -0.05) is 30.3 Å². The second-order valence-corrected chi connectivity index (χ2v) is 7.32. The lowest BCUT2D eigenvalue weighted by molar-refractivity contribution is 0.268. The van der Waals surface area contributed by atoms with Crippen molar-refractivity contribution < 1.29 is 9.13 Å². The van der Waals surface area contributed by atoms with Gasteiger partial charge in [-0.3, -0.25) is 4.90 Å². The zero-order chi connectivity index (χ0) is 19.5. The van der Waals surface area contributed by atoms with Crippen LogP contribution in [0.15, 0.2) is 48.8 Å². The summed E-state index contributed by atoms with van der Waals surface area (Å²) in [4.78, 5) is 13.6. The van der Waals surface area contributed by atoms with Gasteiger partial charge < -0.3 is 9.64 Å². The predicted molar refractivity (Wildman–Crippen MR) is 109 cm³/mol. The first-order chi connectivity index (χ1) is 13.7. The number of anilines is 1. The number of halogens is 1. The highest BCUT2D eigenvalue weighted by molar-refractivity contribution is 5.90. The van der Waals surface area contributed by atoms with E-state index in [4.69, 9.17) is 4.74 Å². The van der Waals surface area contributed by atoms with Crippen LogP contribution in [0.1, 0.15) is 18.9 Å². The van der Waals surface area contributed by atoms with Gasteiger partial charge in [0, 0.05) is 43.7 Å². The second kappa shape index (κ2) is 8.10. The van der Waals surface area contributed by atoms with Gasteiger partial charge in [0.1, 0.15) is 12.1 Å². The molecular formula is C22H25FN4O. The second-order valence-electron chi connectivity index (χ2n) is 7.32. The van der Waals surface area contributed by atoms with Crippen molar-refractivity contribution in [3.63, 3.8) is 0 Å². The lowest BCUT2D eigenvalue weighted by atomic mass is 10.1. The summed E-state index contributed by atoms with van der Waals surface area (Å²) in [6.45, 7) is 6.05. The molecular weight excluding hydrogens is 355 g/mol. The Hall–Kier alpha value is -2.73. The van der Waals surface area contributed by atoms with Crippen molar-refractivity contribution in [3.05, 3.63) is 60.2 Å². The third-order valence-electron chi connectivity index (χ3n) is 5.34. The molecule has 1 atom stereocenters. The van der Waals surface area contributed by atoms with Crippen LogP contribution in [0.4, 0.5) is 10.2 Å². The molecule has 1 saturated heterocycles. The van der Waals surface area contributed by atoms with E-state index >= 15 is 0 Å². The minimum absolute atomic E-state index is 0.219. The van der Waals surface area contributed by atoms with E-state index in [2.05, 4.69) is 51.0 Å². The fourth-order valence-corrected chi connectivity index (χ4v) is 3.98. The maximum Gasteiger partial charge on any atom is 0.167 e. The molecule has 0 spiro atoms. The molecule has 0 N–H and O–H groups in total. The predicted octanol–water partition coefficient (Wildman–Crippen LogP) is 3.88. The first-order valence-corrected chi connectivity index (χ1v) is 9.67. The topological polar surface area (TPSA) is 41.5 Å². The number of rotatable bonds is 4. The number of benzene rings is 2. The molecule has 1 aromatic heterocycles. The monoisotopic (exact) mass is 380 g/mol. The summed E-state index contributed by atoms with van der Waals surface area (Å²) in [7, 11) is 1.48. The SMILES string of the molecule is COc1cc2c(N3CCCN(Cc4ccccc4)CC3C)ncnc2cc1F. The van der Waals surface area contributed by atoms with Crippen LogP contribution in [0.3, 0.4) is 0 Å². The van der Waals surface area contributed by atoms with Crippen molar-refractivity contribution in [1.82, 2.24) is 14.9 Å². The summed E-state index contributed by atoms with van der Waals surface area (Å²) in [5, 5.41) is 0.823. The molecule has 3 aromatic rings. The van der Waals surface area contributed by atoms with Crippen molar-refractivity contribution in [2.45, 2.75) is 25.9 Å². The average molecular weight is 380 g/mol. The van der Waals surface area contributed by atoms with E-state index in [0.717, 1.165) is 43.8 Å². The Morgan fingerprint density at radius 3 is 2.75 bits per heavy atom. The van der Waals surface area contributed by atoms with Crippen LogP contribution in [-0.2, 0) is 6.54 Å². The fourth-order valence-electron chi connectivity index (χ4n) is 3.98. The zero-order valence-electron chi connectivity index (χ0n) is 16.3. The molecule has 28 heavy (non-hydrogen) atoms. The van der Waals surface area contributed by atoms with Gasteiger partial charge >= 0.3 is 0 Å². The molecule has 0 bridgehead atoms. The Balaban J connectivity index is 1.61. The Bertz CT molecular complexity index is 950. The maximum absolute atomic E-state index is 14.1. The highest BCUT2D eigenvalue weighted by Crippen LogP contribution is 2.31. The quantitative estimate of drug-likeness (QED) is 0.687. The van der Waals surface area contributed by atoms with Crippen molar-refractivity contribution in [1.29, 1.82) is 0 Å². The lowest BCUT2D eigenvalue weighted by Gasteiger charge is -2.30. The smallest absolute Gasteiger partial charge is 0.167 e. The van der Waals surface area contributed by atoms with Crippen LogP contribution in [0, 0.1) is 5.82 Å². The van der Waals surface area contributed by atoms with E-state index in [9.17, 15) is 4.39 Å². The molecule has 1 unspecified atom stereocenters. The minimum atomic E-state index is -0.405. The number of fused-ring (bicyclic) bond motifs is 1. The summed E-state index contributed by atoms with van der Waals surface area (Å²) >= 11 is 0. The van der Waals surface area contributed by atoms with Gasteiger partial charge in [0.15, 0.2) is 11.6 Å². The largest absolute Gasteiger partial charge is 0.494 e. The molecule has 5 nitrogen and oxygen atoms in total. The molecule has 6 heteroatoms. The molecule has 2 heterocycles. The number of nitrogens with zero attached hydrogens (tertiary/aromatic N) is 4. The first kappa shape index (κ1) is 18.6.